The lowest BCUT2D eigenvalue weighted by molar-refractivity contribution is 0.337. The summed E-state index contributed by atoms with van der Waals surface area (Å²) in [6.07, 6.45) is 5.77. The van der Waals surface area contributed by atoms with Crippen LogP contribution < -0.4 is 4.74 Å². The van der Waals surface area contributed by atoms with Gasteiger partial charge in [0, 0.05) is 41.0 Å². The van der Waals surface area contributed by atoms with Crippen molar-refractivity contribution in [2.24, 2.45) is 0 Å². The summed E-state index contributed by atoms with van der Waals surface area (Å²) in [6, 6.07) is 7.67. The third-order valence-corrected chi connectivity index (χ3v) is 3.18. The summed E-state index contributed by atoms with van der Waals surface area (Å²) < 4.78 is 7.97. The summed E-state index contributed by atoms with van der Waals surface area (Å²) in [4.78, 5) is 0. The molecule has 0 unspecified atom stereocenters. The maximum Gasteiger partial charge on any atom is 0.118 e. The topological polar surface area (TPSA) is 29.5 Å². The van der Waals surface area contributed by atoms with Gasteiger partial charge in [-0.1, -0.05) is 29.9 Å². The van der Waals surface area contributed by atoms with Crippen LogP contribution in [0.1, 0.15) is 31.2 Å². The van der Waals surface area contributed by atoms with Gasteiger partial charge < -0.3 is 9.84 Å². The predicted molar refractivity (Wildman–Crippen MR) is 96.1 cm³/mol. The van der Waals surface area contributed by atoms with Crippen molar-refractivity contribution in [3.8, 4) is 27.4 Å². The van der Waals surface area contributed by atoms with Crippen LogP contribution in [0.25, 0.3) is 6.08 Å². The van der Waals surface area contributed by atoms with E-state index in [0.717, 1.165) is 42.6 Å². The van der Waals surface area contributed by atoms with E-state index in [1.54, 1.807) is 7.11 Å². The van der Waals surface area contributed by atoms with E-state index in [0.29, 0.717) is 0 Å². The number of benzene rings is 1. The molecule has 0 atom stereocenters. The molecular formula is C18H19IO2. The van der Waals surface area contributed by atoms with Crippen molar-refractivity contribution in [1.82, 2.24) is 0 Å². The molecule has 0 aliphatic carbocycles. The highest BCUT2D eigenvalue weighted by atomic mass is 127. The molecule has 1 aromatic carbocycles. The Balaban J connectivity index is 2.52. The Morgan fingerprint density at radius 1 is 1.19 bits per heavy atom. The second-order valence-electron chi connectivity index (χ2n) is 4.38. The number of aliphatic hydroxyl groups is 1. The maximum absolute atomic E-state index is 9.35. The molecule has 0 saturated heterocycles. The van der Waals surface area contributed by atoms with Crippen LogP contribution in [0.5, 0.6) is 5.75 Å². The fourth-order valence-corrected chi connectivity index (χ4v) is 1.94. The number of ether oxygens (including phenoxy) is 1. The van der Waals surface area contributed by atoms with E-state index in [9.17, 15) is 5.11 Å². The minimum Gasteiger partial charge on any atom is -0.497 e. The molecule has 3 heteroatoms. The highest BCUT2D eigenvalue weighted by Gasteiger charge is 1.94. The summed E-state index contributed by atoms with van der Waals surface area (Å²) in [5, 5.41) is 9.35. The molecule has 0 spiro atoms. The zero-order chi connectivity index (χ0) is 15.3. The lowest BCUT2D eigenvalue weighted by Crippen LogP contribution is -1.87. The van der Waals surface area contributed by atoms with Crippen molar-refractivity contribution in [2.75, 3.05) is 13.7 Å². The molecule has 1 aromatic rings. The molecule has 0 aromatic heterocycles. The lowest BCUT2D eigenvalue weighted by atomic mass is 10.1. The van der Waals surface area contributed by atoms with Gasteiger partial charge in [-0.05, 0) is 40.5 Å². The van der Waals surface area contributed by atoms with Gasteiger partial charge in [0.15, 0.2) is 0 Å². The SMILES string of the molecule is COc1ccc(/C=C(\C#CCCCCC#CI)CO)cc1. The first kappa shape index (κ1) is 17.6. The van der Waals surface area contributed by atoms with Crippen LogP contribution in [0.4, 0.5) is 0 Å². The Bertz CT molecular complexity index is 565. The van der Waals surface area contributed by atoms with Crippen molar-refractivity contribution in [2.45, 2.75) is 25.7 Å². The van der Waals surface area contributed by atoms with E-state index >= 15 is 0 Å². The Labute approximate surface area is 140 Å². The molecule has 110 valence electrons. The summed E-state index contributed by atoms with van der Waals surface area (Å²) in [5.41, 5.74) is 1.73. The smallest absolute Gasteiger partial charge is 0.118 e. The normalized spacial score (nSPS) is 10.1. The van der Waals surface area contributed by atoms with E-state index in [-0.39, 0.29) is 6.61 Å². The molecule has 0 saturated carbocycles. The van der Waals surface area contributed by atoms with Crippen LogP contribution in [0.2, 0.25) is 0 Å². The van der Waals surface area contributed by atoms with Gasteiger partial charge in [0.1, 0.15) is 5.75 Å². The van der Waals surface area contributed by atoms with Gasteiger partial charge in [0.05, 0.1) is 13.7 Å². The van der Waals surface area contributed by atoms with Crippen LogP contribution in [-0.2, 0) is 0 Å². The van der Waals surface area contributed by atoms with Crippen molar-refractivity contribution < 1.29 is 9.84 Å². The highest BCUT2D eigenvalue weighted by Crippen LogP contribution is 2.13. The summed E-state index contributed by atoms with van der Waals surface area (Å²) in [5.74, 6) is 9.98. The average Bonchev–Trinajstić information content (AvgIpc) is 2.53. The Kier molecular flexibility index (Phi) is 9.44. The molecular weight excluding hydrogens is 375 g/mol. The summed E-state index contributed by atoms with van der Waals surface area (Å²) >= 11 is 2.05. The third kappa shape index (κ3) is 7.80. The molecule has 0 heterocycles. The number of rotatable bonds is 6. The number of hydrogen-bond acceptors (Lipinski definition) is 2. The third-order valence-electron chi connectivity index (χ3n) is 2.80. The van der Waals surface area contributed by atoms with Crippen LogP contribution in [0.3, 0.4) is 0 Å². The monoisotopic (exact) mass is 394 g/mol. The van der Waals surface area contributed by atoms with Gasteiger partial charge in [-0.3, -0.25) is 0 Å². The zero-order valence-electron chi connectivity index (χ0n) is 12.2. The van der Waals surface area contributed by atoms with E-state index in [1.165, 1.54) is 0 Å². The number of hydrogen-bond donors (Lipinski definition) is 1. The van der Waals surface area contributed by atoms with Crippen LogP contribution in [0, 0.1) is 21.7 Å². The molecule has 0 aliphatic rings. The molecule has 2 nitrogen and oxygen atoms in total. The molecule has 0 bridgehead atoms. The van der Waals surface area contributed by atoms with E-state index in [1.807, 2.05) is 30.3 Å². The van der Waals surface area contributed by atoms with Crippen molar-refractivity contribution in [3.63, 3.8) is 0 Å². The lowest BCUT2D eigenvalue weighted by Gasteiger charge is -2.00. The first-order valence-electron chi connectivity index (χ1n) is 6.83. The van der Waals surface area contributed by atoms with Gasteiger partial charge in [-0.25, -0.2) is 0 Å². The van der Waals surface area contributed by atoms with E-state index in [4.69, 9.17) is 4.74 Å². The second-order valence-corrected chi connectivity index (χ2v) is 4.92. The molecule has 1 N–H and O–H groups in total. The maximum atomic E-state index is 9.35. The van der Waals surface area contributed by atoms with Gasteiger partial charge >= 0.3 is 0 Å². The Morgan fingerprint density at radius 3 is 2.43 bits per heavy atom. The standard InChI is InChI=1S/C18H19IO2/c1-21-18-11-9-16(10-12-18)14-17(15-20)8-6-4-2-3-5-7-13-19/h9-12,14,20H,2-5,15H2,1H3/b17-14+. The zero-order valence-corrected chi connectivity index (χ0v) is 14.3. The average molecular weight is 394 g/mol. The van der Waals surface area contributed by atoms with Crippen molar-refractivity contribution >= 4 is 28.7 Å². The van der Waals surface area contributed by atoms with Gasteiger partial charge in [-0.2, -0.15) is 0 Å². The number of aliphatic hydroxyl groups excluding tert-OH is 1. The predicted octanol–water partition coefficient (Wildman–Crippen LogP) is 4.03. The van der Waals surface area contributed by atoms with Crippen molar-refractivity contribution in [1.29, 1.82) is 0 Å². The first-order chi connectivity index (χ1) is 10.3. The Morgan fingerprint density at radius 2 is 1.86 bits per heavy atom. The minimum absolute atomic E-state index is 0.0423. The van der Waals surface area contributed by atoms with Crippen LogP contribution in [-0.4, -0.2) is 18.8 Å². The molecule has 1 rings (SSSR count). The van der Waals surface area contributed by atoms with Gasteiger partial charge in [0.2, 0.25) is 0 Å². The second kappa shape index (κ2) is 11.3. The first-order valence-corrected chi connectivity index (χ1v) is 7.91. The fraction of sp³-hybridized carbons (Fsp3) is 0.333. The number of unbranched alkanes of at least 4 members (excludes halogenated alkanes) is 3. The fourth-order valence-electron chi connectivity index (χ4n) is 1.67. The van der Waals surface area contributed by atoms with Crippen LogP contribution >= 0.6 is 22.6 Å². The number of halogens is 1. The molecule has 0 radical (unpaired) electrons. The summed E-state index contributed by atoms with van der Waals surface area (Å²) in [6.45, 7) is -0.0423. The Hall–Kier alpha value is -1.43. The highest BCUT2D eigenvalue weighted by molar-refractivity contribution is 14.1. The molecule has 0 fully saturated rings. The summed E-state index contributed by atoms with van der Waals surface area (Å²) in [7, 11) is 1.64. The largest absolute Gasteiger partial charge is 0.497 e. The molecule has 21 heavy (non-hydrogen) atoms. The van der Waals surface area contributed by atoms with E-state index < -0.39 is 0 Å². The molecule has 0 aliphatic heterocycles. The minimum atomic E-state index is -0.0423. The van der Waals surface area contributed by atoms with Gasteiger partial charge in [0.25, 0.3) is 0 Å². The molecule has 0 amide bonds. The van der Waals surface area contributed by atoms with E-state index in [2.05, 4.69) is 44.3 Å². The number of methoxy groups -OCH3 is 1. The van der Waals surface area contributed by atoms with Crippen LogP contribution in [0.15, 0.2) is 29.8 Å². The van der Waals surface area contributed by atoms with Crippen molar-refractivity contribution in [3.05, 3.63) is 35.4 Å². The van der Waals surface area contributed by atoms with Gasteiger partial charge in [-0.15, -0.1) is 0 Å². The quantitative estimate of drug-likeness (QED) is 0.449.